The highest BCUT2D eigenvalue weighted by Crippen LogP contribution is 2.28. The molecule has 0 radical (unpaired) electrons. The standard InChI is InChI=1S/C16H16N4O2S/c1-10-8-23-15(19-10)14-7-22-5-4-20(14)16(21)11-2-3-12-13(6-11)18-9-17-12/h2-3,6,8-9,14H,4-5,7H2,1H3,(H,17,18)/t14-/m1/s1. The van der Waals surface area contributed by atoms with Gasteiger partial charge in [0.1, 0.15) is 11.0 Å². The summed E-state index contributed by atoms with van der Waals surface area (Å²) in [7, 11) is 0. The van der Waals surface area contributed by atoms with E-state index in [1.54, 1.807) is 17.7 Å². The maximum absolute atomic E-state index is 13.0. The fourth-order valence-electron chi connectivity index (χ4n) is 2.81. The summed E-state index contributed by atoms with van der Waals surface area (Å²) in [5, 5.41) is 2.93. The van der Waals surface area contributed by atoms with Crippen molar-refractivity contribution in [2.45, 2.75) is 13.0 Å². The van der Waals surface area contributed by atoms with Gasteiger partial charge < -0.3 is 14.6 Å². The Kier molecular flexibility index (Phi) is 3.59. The van der Waals surface area contributed by atoms with Crippen molar-refractivity contribution < 1.29 is 9.53 Å². The number of aromatic nitrogens is 3. The monoisotopic (exact) mass is 328 g/mol. The number of amides is 1. The minimum atomic E-state index is -0.118. The van der Waals surface area contributed by atoms with Crippen molar-refractivity contribution in [2.75, 3.05) is 19.8 Å². The number of benzene rings is 1. The number of H-pyrrole nitrogens is 1. The van der Waals surface area contributed by atoms with Crippen LogP contribution < -0.4 is 0 Å². The van der Waals surface area contributed by atoms with E-state index in [1.165, 1.54) is 0 Å². The number of ether oxygens (including phenoxy) is 1. The van der Waals surface area contributed by atoms with Crippen LogP contribution in [0, 0.1) is 6.92 Å². The van der Waals surface area contributed by atoms with Gasteiger partial charge in [0.05, 0.1) is 30.6 Å². The number of thiazole rings is 1. The highest BCUT2D eigenvalue weighted by atomic mass is 32.1. The van der Waals surface area contributed by atoms with Crippen molar-refractivity contribution in [1.29, 1.82) is 0 Å². The molecule has 1 aliphatic rings. The van der Waals surface area contributed by atoms with Crippen molar-refractivity contribution in [3.05, 3.63) is 46.2 Å². The number of hydrogen-bond acceptors (Lipinski definition) is 5. The lowest BCUT2D eigenvalue weighted by Gasteiger charge is -2.34. The van der Waals surface area contributed by atoms with E-state index in [-0.39, 0.29) is 11.9 Å². The molecule has 1 aliphatic heterocycles. The van der Waals surface area contributed by atoms with Gasteiger partial charge in [-0.05, 0) is 25.1 Å². The van der Waals surface area contributed by atoms with Gasteiger partial charge in [-0.25, -0.2) is 9.97 Å². The molecule has 6 nitrogen and oxygen atoms in total. The molecule has 118 valence electrons. The molecule has 3 aromatic rings. The Morgan fingerprint density at radius 3 is 3.22 bits per heavy atom. The molecule has 23 heavy (non-hydrogen) atoms. The Hall–Kier alpha value is -2.25. The van der Waals surface area contributed by atoms with E-state index in [9.17, 15) is 4.79 Å². The van der Waals surface area contributed by atoms with Crippen LogP contribution in [0.1, 0.15) is 27.1 Å². The maximum atomic E-state index is 13.0. The molecule has 7 heteroatoms. The summed E-state index contributed by atoms with van der Waals surface area (Å²) >= 11 is 1.58. The predicted octanol–water partition coefficient (Wildman–Crippen LogP) is 2.54. The maximum Gasteiger partial charge on any atom is 0.254 e. The molecule has 0 spiro atoms. The van der Waals surface area contributed by atoms with E-state index in [2.05, 4.69) is 15.0 Å². The van der Waals surface area contributed by atoms with Gasteiger partial charge in [-0.2, -0.15) is 0 Å². The number of hydrogen-bond donors (Lipinski definition) is 1. The van der Waals surface area contributed by atoms with E-state index >= 15 is 0 Å². The van der Waals surface area contributed by atoms with Crippen molar-refractivity contribution >= 4 is 28.3 Å². The summed E-state index contributed by atoms with van der Waals surface area (Å²) in [5.74, 6) is 0.00246. The summed E-state index contributed by atoms with van der Waals surface area (Å²) in [4.78, 5) is 26.6. The fraction of sp³-hybridized carbons (Fsp3) is 0.312. The molecule has 1 amide bonds. The third-order valence-corrected chi connectivity index (χ3v) is 5.04. The third-order valence-electron chi connectivity index (χ3n) is 3.98. The molecule has 1 N–H and O–H groups in total. The average Bonchev–Trinajstić information content (AvgIpc) is 3.22. The average molecular weight is 328 g/mol. The Balaban J connectivity index is 1.66. The minimum absolute atomic E-state index is 0.00246. The van der Waals surface area contributed by atoms with Crippen LogP contribution in [-0.4, -0.2) is 45.5 Å². The zero-order valence-corrected chi connectivity index (χ0v) is 13.5. The van der Waals surface area contributed by atoms with Crippen molar-refractivity contribution in [2.24, 2.45) is 0 Å². The van der Waals surface area contributed by atoms with Gasteiger partial charge in [-0.3, -0.25) is 4.79 Å². The molecule has 1 saturated heterocycles. The molecule has 0 bridgehead atoms. The Bertz CT molecular complexity index is 857. The first-order chi connectivity index (χ1) is 11.2. The first-order valence-electron chi connectivity index (χ1n) is 7.46. The number of morpholine rings is 1. The highest BCUT2D eigenvalue weighted by molar-refractivity contribution is 7.09. The molecule has 0 aliphatic carbocycles. The highest BCUT2D eigenvalue weighted by Gasteiger charge is 2.31. The molecule has 0 unspecified atom stereocenters. The second-order valence-electron chi connectivity index (χ2n) is 5.55. The lowest BCUT2D eigenvalue weighted by Crippen LogP contribution is -2.43. The van der Waals surface area contributed by atoms with Crippen molar-refractivity contribution in [1.82, 2.24) is 19.9 Å². The van der Waals surface area contributed by atoms with Gasteiger partial charge in [0.2, 0.25) is 0 Å². The van der Waals surface area contributed by atoms with Gasteiger partial charge in [0.15, 0.2) is 0 Å². The lowest BCUT2D eigenvalue weighted by atomic mass is 10.1. The molecular formula is C16H16N4O2S. The quantitative estimate of drug-likeness (QED) is 0.785. The molecule has 1 aromatic carbocycles. The molecule has 3 heterocycles. The van der Waals surface area contributed by atoms with Gasteiger partial charge in [0.25, 0.3) is 5.91 Å². The van der Waals surface area contributed by atoms with Gasteiger partial charge in [-0.1, -0.05) is 0 Å². The summed E-state index contributed by atoms with van der Waals surface area (Å²) in [6, 6.07) is 5.42. The van der Waals surface area contributed by atoms with Crippen LogP contribution in [0.5, 0.6) is 0 Å². The van der Waals surface area contributed by atoms with Crippen LogP contribution in [0.25, 0.3) is 11.0 Å². The van der Waals surface area contributed by atoms with E-state index in [4.69, 9.17) is 4.74 Å². The number of aryl methyl sites for hydroxylation is 1. The summed E-state index contributed by atoms with van der Waals surface area (Å²) in [6.07, 6.45) is 1.63. The van der Waals surface area contributed by atoms with Crippen LogP contribution in [0.4, 0.5) is 0 Å². The third kappa shape index (κ3) is 2.62. The zero-order valence-electron chi connectivity index (χ0n) is 12.7. The zero-order chi connectivity index (χ0) is 15.8. The van der Waals surface area contributed by atoms with Gasteiger partial charge in [-0.15, -0.1) is 11.3 Å². The molecule has 1 fully saturated rings. The largest absolute Gasteiger partial charge is 0.377 e. The smallest absolute Gasteiger partial charge is 0.254 e. The number of nitrogens with zero attached hydrogens (tertiary/aromatic N) is 3. The van der Waals surface area contributed by atoms with Crippen LogP contribution in [0.3, 0.4) is 0 Å². The van der Waals surface area contributed by atoms with Crippen molar-refractivity contribution in [3.8, 4) is 0 Å². The number of rotatable bonds is 2. The van der Waals surface area contributed by atoms with Gasteiger partial charge >= 0.3 is 0 Å². The van der Waals surface area contributed by atoms with E-state index in [1.807, 2.05) is 35.4 Å². The summed E-state index contributed by atoms with van der Waals surface area (Å²) < 4.78 is 5.58. The number of carbonyl (C=O) groups is 1. The van der Waals surface area contributed by atoms with E-state index in [0.29, 0.717) is 25.3 Å². The predicted molar refractivity (Wildman–Crippen MR) is 87.5 cm³/mol. The lowest BCUT2D eigenvalue weighted by molar-refractivity contribution is -0.00276. The number of imidazole rings is 1. The van der Waals surface area contributed by atoms with E-state index < -0.39 is 0 Å². The Labute approximate surface area is 137 Å². The number of carbonyl (C=O) groups excluding carboxylic acids is 1. The number of nitrogens with one attached hydrogen (secondary N) is 1. The summed E-state index contributed by atoms with van der Waals surface area (Å²) in [6.45, 7) is 3.58. The normalized spacial score (nSPS) is 18.5. The first-order valence-corrected chi connectivity index (χ1v) is 8.34. The number of aromatic amines is 1. The molecular weight excluding hydrogens is 312 g/mol. The SMILES string of the molecule is Cc1csc([C@H]2COCCN2C(=O)c2ccc3nc[nH]c3c2)n1. The van der Waals surface area contributed by atoms with Crippen LogP contribution in [-0.2, 0) is 4.74 Å². The topological polar surface area (TPSA) is 71.1 Å². The number of fused-ring (bicyclic) bond motifs is 1. The molecule has 1 atom stereocenters. The Morgan fingerprint density at radius 1 is 1.48 bits per heavy atom. The van der Waals surface area contributed by atoms with Crippen LogP contribution in [0.2, 0.25) is 0 Å². The fourth-order valence-corrected chi connectivity index (χ4v) is 3.70. The Morgan fingerprint density at radius 2 is 2.39 bits per heavy atom. The summed E-state index contributed by atoms with van der Waals surface area (Å²) in [5.41, 5.74) is 3.35. The van der Waals surface area contributed by atoms with Crippen molar-refractivity contribution in [3.63, 3.8) is 0 Å². The van der Waals surface area contributed by atoms with E-state index in [0.717, 1.165) is 21.7 Å². The molecule has 2 aromatic heterocycles. The first kappa shape index (κ1) is 14.3. The second kappa shape index (κ2) is 5.75. The molecule has 4 rings (SSSR count). The van der Waals surface area contributed by atoms with Crippen LogP contribution >= 0.6 is 11.3 Å². The van der Waals surface area contributed by atoms with Gasteiger partial charge in [0, 0.05) is 23.2 Å². The molecule has 0 saturated carbocycles. The van der Waals surface area contributed by atoms with Crippen LogP contribution in [0.15, 0.2) is 29.9 Å². The second-order valence-corrected chi connectivity index (χ2v) is 6.44. The minimum Gasteiger partial charge on any atom is -0.377 e.